The van der Waals surface area contributed by atoms with Crippen molar-refractivity contribution in [1.82, 2.24) is 0 Å². The molecule has 0 saturated heterocycles. The van der Waals surface area contributed by atoms with Gasteiger partial charge in [0.05, 0.1) is 0 Å². The maximum absolute atomic E-state index is 9.43. The third-order valence-electron chi connectivity index (χ3n) is 0.0855. The van der Waals surface area contributed by atoms with Crippen molar-refractivity contribution in [3.8, 4) is 0 Å². The van der Waals surface area contributed by atoms with E-state index in [1.54, 1.807) is 0 Å². The monoisotopic (exact) mass is 256 g/mol. The Hall–Kier alpha value is 1.17. The van der Waals surface area contributed by atoms with Crippen molar-refractivity contribution in [1.29, 1.82) is 0 Å². The molecule has 0 aliphatic carbocycles. The predicted molar refractivity (Wildman–Crippen MR) is 38.3 cm³/mol. The summed E-state index contributed by atoms with van der Waals surface area (Å²) in [4.78, 5) is 9.43. The second-order valence-electron chi connectivity index (χ2n) is 0.383. The Bertz CT molecular complexity index is 52.5. The fourth-order valence-electron chi connectivity index (χ4n) is 0. The van der Waals surface area contributed by atoms with Gasteiger partial charge in [0.2, 0.25) is 0 Å². The Morgan fingerprint density at radius 1 is 1.50 bits per heavy atom. The molecular weight excluding hydrogens is 250 g/mol. The van der Waals surface area contributed by atoms with Crippen molar-refractivity contribution in [3.63, 3.8) is 0 Å². The topological polar surface area (TPSA) is 51.4 Å². The van der Waals surface area contributed by atoms with E-state index in [0.717, 1.165) is 0 Å². The van der Waals surface area contributed by atoms with Gasteiger partial charge < -0.3 is 14.1 Å². The van der Waals surface area contributed by atoms with Gasteiger partial charge in [-0.2, -0.15) is 0 Å². The van der Waals surface area contributed by atoms with E-state index in [0.29, 0.717) is 0 Å². The summed E-state index contributed by atoms with van der Waals surface area (Å²) in [5, 5.41) is -0.562. The number of nitrogens with zero attached hydrogens (tertiary/aromatic N) is 1. The molecule has 1 N–H and O–H groups in total. The van der Waals surface area contributed by atoms with Gasteiger partial charge in [0.1, 0.15) is 5.24 Å². The molecule has 50 valence electrons. The quantitative estimate of drug-likeness (QED) is 0.302. The largest absolute Gasteiger partial charge is 0.594 e. The molecular formula is CH4MoNO2S3-. The molecule has 7 heteroatoms. The second kappa shape index (κ2) is 15.7. The van der Waals surface area contributed by atoms with Crippen LogP contribution >= 0.6 is 38.4 Å². The summed E-state index contributed by atoms with van der Waals surface area (Å²) in [6.07, 6.45) is 0. The number of hydrogen-bond donors (Lipinski definition) is 4. The van der Waals surface area contributed by atoms with E-state index in [1.165, 1.54) is 0 Å². The van der Waals surface area contributed by atoms with Gasteiger partial charge in [0.15, 0.2) is 0 Å². The first-order valence-electron chi connectivity index (χ1n) is 1.05. The van der Waals surface area contributed by atoms with E-state index >= 15 is 0 Å². The third-order valence-corrected chi connectivity index (χ3v) is 0.525. The molecule has 0 aromatic carbocycles. The SMILES string of the molecule is O=C(S)[N-]S.OS.[Mo]. The van der Waals surface area contributed by atoms with E-state index in [4.69, 9.17) is 4.55 Å². The zero-order chi connectivity index (χ0) is 6.28. The molecule has 0 aliphatic heterocycles. The van der Waals surface area contributed by atoms with E-state index in [1.807, 2.05) is 0 Å². The van der Waals surface area contributed by atoms with Crippen LogP contribution in [0.25, 0.3) is 4.72 Å². The first-order valence-corrected chi connectivity index (χ1v) is 2.30. The van der Waals surface area contributed by atoms with E-state index in [9.17, 15) is 4.79 Å². The molecule has 0 aromatic rings. The van der Waals surface area contributed by atoms with Gasteiger partial charge in [0.25, 0.3) is 0 Å². The molecule has 8 heavy (non-hydrogen) atoms. The first-order chi connectivity index (χ1) is 3.27. The molecule has 0 radical (unpaired) electrons. The van der Waals surface area contributed by atoms with Crippen LogP contribution in [0.1, 0.15) is 0 Å². The maximum Gasteiger partial charge on any atom is 0.114 e. The van der Waals surface area contributed by atoms with E-state index < -0.39 is 5.24 Å². The van der Waals surface area contributed by atoms with Crippen LogP contribution in [0.4, 0.5) is 4.79 Å². The Labute approximate surface area is 78.4 Å². The molecule has 0 spiro atoms. The number of carbonyl (C=O) groups excluding carboxylic acids is 1. The van der Waals surface area contributed by atoms with Crippen molar-refractivity contribution in [3.05, 3.63) is 4.72 Å². The van der Waals surface area contributed by atoms with Crippen LogP contribution in [-0.4, -0.2) is 9.79 Å². The van der Waals surface area contributed by atoms with Crippen molar-refractivity contribution in [2.75, 3.05) is 0 Å². The standard InChI is InChI=1S/CH3NOS2.Mo.H2OS/c3-1(4)2-5;;1-2/h(H3,2,3,4,5);;1-2H/p-1. The summed E-state index contributed by atoms with van der Waals surface area (Å²) in [5.74, 6) is 0. The average Bonchev–Trinajstić information content (AvgIpc) is 1.73. The number of hydrogen-bond acceptors (Lipinski definition) is 4. The molecule has 0 aliphatic rings. The zero-order valence-corrected chi connectivity index (χ0v) is 8.24. The minimum absolute atomic E-state index is 0. The Kier molecular flexibility index (Phi) is 31.6. The summed E-state index contributed by atoms with van der Waals surface area (Å²) in [7, 11) is 0. The second-order valence-corrected chi connectivity index (χ2v) is 0.965. The molecule has 0 bridgehead atoms. The smallest absolute Gasteiger partial charge is 0.114 e. The van der Waals surface area contributed by atoms with Crippen molar-refractivity contribution in [2.45, 2.75) is 0 Å². The Morgan fingerprint density at radius 3 is 1.62 bits per heavy atom. The molecule has 3 nitrogen and oxygen atoms in total. The van der Waals surface area contributed by atoms with Gasteiger partial charge >= 0.3 is 0 Å². The predicted octanol–water partition coefficient (Wildman–Crippen LogP) is 1.64. The minimum Gasteiger partial charge on any atom is -0.594 e. The molecule has 0 heterocycles. The number of thiol groups is 3. The van der Waals surface area contributed by atoms with Gasteiger partial charge in [-0.3, -0.25) is 12.8 Å². The van der Waals surface area contributed by atoms with Crippen LogP contribution in [-0.2, 0) is 21.1 Å². The zero-order valence-electron chi connectivity index (χ0n) is 3.55. The van der Waals surface area contributed by atoms with Crippen molar-refractivity contribution >= 4 is 43.6 Å². The summed E-state index contributed by atoms with van der Waals surface area (Å²) in [6.45, 7) is 0. The average molecular weight is 254 g/mol. The number of carbonyl (C=O) groups is 1. The van der Waals surface area contributed by atoms with Gasteiger partial charge in [-0.05, 0) is 12.9 Å². The molecule has 0 unspecified atom stereocenters. The van der Waals surface area contributed by atoms with Crippen molar-refractivity contribution < 1.29 is 30.4 Å². The van der Waals surface area contributed by atoms with Gasteiger partial charge in [-0.15, -0.1) is 12.6 Å². The first kappa shape index (κ1) is 16.1. The minimum atomic E-state index is -0.562. The van der Waals surface area contributed by atoms with Crippen LogP contribution in [0.2, 0.25) is 0 Å². The van der Waals surface area contributed by atoms with Crippen molar-refractivity contribution in [2.24, 2.45) is 0 Å². The van der Waals surface area contributed by atoms with Crippen LogP contribution in [0, 0.1) is 0 Å². The normalized spacial score (nSPS) is 5.00. The molecule has 0 saturated carbocycles. The number of amides is 1. The molecule has 0 fully saturated rings. The van der Waals surface area contributed by atoms with E-state index in [2.05, 4.69) is 43.1 Å². The van der Waals surface area contributed by atoms with Crippen LogP contribution in [0.3, 0.4) is 0 Å². The summed E-state index contributed by atoms with van der Waals surface area (Å²) in [6, 6.07) is 0. The summed E-state index contributed by atoms with van der Waals surface area (Å²) < 4.78 is 9.50. The fourth-order valence-corrected chi connectivity index (χ4v) is 0. The Morgan fingerprint density at radius 2 is 1.62 bits per heavy atom. The Balaban J connectivity index is -0.0000000750. The summed E-state index contributed by atoms with van der Waals surface area (Å²) >= 11 is 8.96. The van der Waals surface area contributed by atoms with Crippen LogP contribution < -0.4 is 0 Å². The van der Waals surface area contributed by atoms with Gasteiger partial charge in [-0.1, -0.05) is 0 Å². The third kappa shape index (κ3) is 27.2. The molecule has 1 amide bonds. The maximum atomic E-state index is 9.43. The number of rotatable bonds is 0. The van der Waals surface area contributed by atoms with Crippen LogP contribution in [0.15, 0.2) is 0 Å². The summed E-state index contributed by atoms with van der Waals surface area (Å²) in [5.41, 5.74) is 0. The molecule has 0 rings (SSSR count). The fraction of sp³-hybridized carbons (Fsp3) is 0. The van der Waals surface area contributed by atoms with E-state index in [-0.39, 0.29) is 21.1 Å². The van der Waals surface area contributed by atoms with Crippen LogP contribution in [0.5, 0.6) is 0 Å². The molecule has 0 atom stereocenters. The van der Waals surface area contributed by atoms with Gasteiger partial charge in [0, 0.05) is 21.1 Å². The van der Waals surface area contributed by atoms with Gasteiger partial charge in [-0.25, -0.2) is 0 Å². The molecule has 0 aromatic heterocycles.